The predicted molar refractivity (Wildman–Crippen MR) is 142 cm³/mol. The number of carbonyl (C=O) groups is 3. The molecule has 0 bridgehead atoms. The minimum absolute atomic E-state index is 0.00782. The SMILES string of the molecule is C=C(C(C)C)C(O)C(=O)[C@@H](C)[C@H]1[C@@H](OC(C)=O)C[C@@]2(C)[C@@H]3CC[C@H]4[C@H](C)C(=O)C=C[C@@]45C[C@@]35CC[C@]12C. The summed E-state index contributed by atoms with van der Waals surface area (Å²) in [4.78, 5) is 38.5. The van der Waals surface area contributed by atoms with Gasteiger partial charge in [0.25, 0.3) is 0 Å². The van der Waals surface area contributed by atoms with E-state index in [4.69, 9.17) is 4.74 Å². The van der Waals surface area contributed by atoms with Crippen molar-refractivity contribution in [2.24, 2.45) is 57.2 Å². The molecule has 0 radical (unpaired) electrons. The third kappa shape index (κ3) is 3.34. The van der Waals surface area contributed by atoms with Crippen LogP contribution in [0, 0.1) is 57.2 Å². The summed E-state index contributed by atoms with van der Waals surface area (Å²) in [6, 6.07) is 0. The summed E-state index contributed by atoms with van der Waals surface area (Å²) >= 11 is 0. The average molecular weight is 511 g/mol. The molecule has 0 heterocycles. The normalized spacial score (nSPS) is 47.3. The predicted octanol–water partition coefficient (Wildman–Crippen LogP) is 5.70. The van der Waals surface area contributed by atoms with Gasteiger partial charge in [-0.1, -0.05) is 54.2 Å². The summed E-state index contributed by atoms with van der Waals surface area (Å²) < 4.78 is 6.01. The molecule has 0 amide bonds. The quantitative estimate of drug-likeness (QED) is 0.366. The minimum atomic E-state index is -1.20. The number of ether oxygens (including phenoxy) is 1. The van der Waals surface area contributed by atoms with E-state index in [1.807, 2.05) is 26.8 Å². The lowest BCUT2D eigenvalue weighted by atomic mass is 9.43. The molecule has 1 unspecified atom stereocenters. The van der Waals surface area contributed by atoms with Crippen molar-refractivity contribution < 1.29 is 24.2 Å². The molecule has 0 aromatic heterocycles. The number of esters is 1. The van der Waals surface area contributed by atoms with E-state index in [0.717, 1.165) is 38.5 Å². The molecule has 204 valence electrons. The Hall–Kier alpha value is -1.75. The summed E-state index contributed by atoms with van der Waals surface area (Å²) in [5, 5.41) is 10.9. The van der Waals surface area contributed by atoms with Crippen LogP contribution < -0.4 is 0 Å². The fraction of sp³-hybridized carbons (Fsp3) is 0.781. The van der Waals surface area contributed by atoms with Gasteiger partial charge in [-0.3, -0.25) is 14.4 Å². The summed E-state index contributed by atoms with van der Waals surface area (Å²) in [5.41, 5.74) is 0.560. The van der Waals surface area contributed by atoms with Crippen molar-refractivity contribution in [3.8, 4) is 0 Å². The van der Waals surface area contributed by atoms with Gasteiger partial charge in [0.2, 0.25) is 0 Å². The van der Waals surface area contributed by atoms with E-state index in [1.54, 1.807) is 0 Å². The Kier molecular flexibility index (Phi) is 6.07. The van der Waals surface area contributed by atoms with Crippen molar-refractivity contribution in [2.45, 2.75) is 99.2 Å². The zero-order valence-electron chi connectivity index (χ0n) is 23.8. The van der Waals surface area contributed by atoms with E-state index in [-0.39, 0.29) is 63.1 Å². The molecular formula is C32H46O5. The van der Waals surface area contributed by atoms with Crippen molar-refractivity contribution in [1.82, 2.24) is 0 Å². The first-order valence-electron chi connectivity index (χ1n) is 14.5. The second kappa shape index (κ2) is 8.37. The van der Waals surface area contributed by atoms with Gasteiger partial charge in [-0.05, 0) is 89.6 Å². The van der Waals surface area contributed by atoms with Gasteiger partial charge in [-0.25, -0.2) is 0 Å². The number of fused-ring (bicyclic) bond motifs is 2. The highest BCUT2D eigenvalue weighted by atomic mass is 16.5. The Bertz CT molecular complexity index is 1070. The molecule has 0 saturated heterocycles. The zero-order valence-corrected chi connectivity index (χ0v) is 23.8. The highest BCUT2D eigenvalue weighted by Gasteiger charge is 2.81. The molecule has 0 aromatic rings. The molecule has 37 heavy (non-hydrogen) atoms. The van der Waals surface area contributed by atoms with Crippen LogP contribution in [0.2, 0.25) is 0 Å². The van der Waals surface area contributed by atoms with Gasteiger partial charge < -0.3 is 9.84 Å². The molecule has 5 aliphatic rings. The fourth-order valence-electron chi connectivity index (χ4n) is 10.5. The lowest BCUT2D eigenvalue weighted by Gasteiger charge is -2.60. The van der Waals surface area contributed by atoms with Crippen molar-refractivity contribution >= 4 is 17.5 Å². The number of Topliss-reactive ketones (excluding diaryl/α,β-unsaturated/α-hetero) is 1. The number of hydrogen-bond donors (Lipinski definition) is 1. The molecular weight excluding hydrogens is 464 g/mol. The molecule has 5 heteroatoms. The Morgan fingerprint density at radius 3 is 2.43 bits per heavy atom. The molecule has 5 aliphatic carbocycles. The van der Waals surface area contributed by atoms with Crippen LogP contribution in [0.3, 0.4) is 0 Å². The van der Waals surface area contributed by atoms with E-state index in [0.29, 0.717) is 17.4 Å². The van der Waals surface area contributed by atoms with Crippen LogP contribution in [0.1, 0.15) is 87.0 Å². The second-order valence-electron chi connectivity index (χ2n) is 14.2. The first kappa shape index (κ1) is 26.8. The Balaban J connectivity index is 1.52. The lowest BCUT2D eigenvalue weighted by Crippen LogP contribution is -2.55. The summed E-state index contributed by atoms with van der Waals surface area (Å²) in [6.07, 6.45) is 8.66. The number of allylic oxidation sites excluding steroid dienone is 2. The molecule has 4 saturated carbocycles. The van der Waals surface area contributed by atoms with E-state index < -0.39 is 12.0 Å². The van der Waals surface area contributed by atoms with Gasteiger partial charge >= 0.3 is 5.97 Å². The van der Waals surface area contributed by atoms with Crippen LogP contribution in [-0.4, -0.2) is 34.9 Å². The van der Waals surface area contributed by atoms with E-state index >= 15 is 0 Å². The van der Waals surface area contributed by atoms with Gasteiger partial charge in [-0.15, -0.1) is 0 Å². The number of aliphatic hydroxyl groups is 1. The maximum Gasteiger partial charge on any atom is 0.302 e. The molecule has 0 aliphatic heterocycles. The fourth-order valence-corrected chi connectivity index (χ4v) is 10.5. The minimum Gasteiger partial charge on any atom is -0.462 e. The smallest absolute Gasteiger partial charge is 0.302 e. The van der Waals surface area contributed by atoms with E-state index in [2.05, 4.69) is 33.4 Å². The van der Waals surface area contributed by atoms with Crippen molar-refractivity contribution in [3.63, 3.8) is 0 Å². The average Bonchev–Trinajstić information content (AvgIpc) is 3.44. The van der Waals surface area contributed by atoms with Crippen LogP contribution >= 0.6 is 0 Å². The van der Waals surface area contributed by atoms with Crippen molar-refractivity contribution in [3.05, 3.63) is 24.3 Å². The van der Waals surface area contributed by atoms with Crippen LogP contribution in [0.5, 0.6) is 0 Å². The number of rotatable bonds is 6. The van der Waals surface area contributed by atoms with Gasteiger partial charge in [0.15, 0.2) is 11.6 Å². The van der Waals surface area contributed by atoms with Crippen LogP contribution in [-0.2, 0) is 19.1 Å². The summed E-state index contributed by atoms with van der Waals surface area (Å²) in [6.45, 7) is 18.1. The summed E-state index contributed by atoms with van der Waals surface area (Å²) in [7, 11) is 0. The summed E-state index contributed by atoms with van der Waals surface area (Å²) in [5.74, 6) is 0.126. The molecule has 0 aromatic carbocycles. The maximum atomic E-state index is 13.6. The molecule has 11 atom stereocenters. The monoisotopic (exact) mass is 510 g/mol. The van der Waals surface area contributed by atoms with Gasteiger partial charge in [0.05, 0.1) is 0 Å². The standard InChI is InChI=1S/C32H46O5/c1-17(2)18(3)27(35)28(36)20(5)26-24(37-21(6)33)15-30(8)25-10-9-22-19(4)23(34)11-12-31(22)16-32(25,31)14-13-29(26,30)7/h11-12,17,19-20,22,24-27,35H,3,9-10,13-16H2,1-2,4-8H3/t19-,20-,22-,24-,25-,26-,27?,29+,30-,31+,32-/m0/s1. The highest BCUT2D eigenvalue weighted by Crippen LogP contribution is 2.87. The van der Waals surface area contributed by atoms with Crippen LogP contribution in [0.15, 0.2) is 24.3 Å². The van der Waals surface area contributed by atoms with Gasteiger partial charge in [-0.2, -0.15) is 0 Å². The van der Waals surface area contributed by atoms with Crippen LogP contribution in [0.25, 0.3) is 0 Å². The first-order valence-corrected chi connectivity index (χ1v) is 14.5. The third-order valence-electron chi connectivity index (χ3n) is 12.7. The molecule has 4 fully saturated rings. The molecule has 1 N–H and O–H groups in total. The molecule has 5 rings (SSSR count). The Morgan fingerprint density at radius 2 is 1.81 bits per heavy atom. The number of aliphatic hydroxyl groups excluding tert-OH is 1. The van der Waals surface area contributed by atoms with Gasteiger partial charge in [0, 0.05) is 24.7 Å². The Morgan fingerprint density at radius 1 is 1.14 bits per heavy atom. The number of hydrogen-bond acceptors (Lipinski definition) is 5. The topological polar surface area (TPSA) is 80.7 Å². The zero-order chi connectivity index (χ0) is 27.3. The first-order chi connectivity index (χ1) is 17.2. The molecule has 5 nitrogen and oxygen atoms in total. The highest BCUT2D eigenvalue weighted by molar-refractivity contribution is 5.93. The maximum absolute atomic E-state index is 13.6. The van der Waals surface area contributed by atoms with E-state index in [1.165, 1.54) is 6.92 Å². The number of carbonyl (C=O) groups excluding carboxylic acids is 3. The third-order valence-corrected chi connectivity index (χ3v) is 12.7. The van der Waals surface area contributed by atoms with E-state index in [9.17, 15) is 19.5 Å². The second-order valence-corrected chi connectivity index (χ2v) is 14.2. The van der Waals surface area contributed by atoms with Crippen molar-refractivity contribution in [2.75, 3.05) is 0 Å². The largest absolute Gasteiger partial charge is 0.462 e. The van der Waals surface area contributed by atoms with Crippen LogP contribution in [0.4, 0.5) is 0 Å². The Labute approximate surface area is 222 Å². The lowest BCUT2D eigenvalue weighted by molar-refractivity contribution is -0.155. The van der Waals surface area contributed by atoms with Gasteiger partial charge in [0.1, 0.15) is 12.2 Å². The number of ketones is 2. The molecule has 2 spiro atoms. The van der Waals surface area contributed by atoms with Crippen molar-refractivity contribution in [1.29, 1.82) is 0 Å².